The summed E-state index contributed by atoms with van der Waals surface area (Å²) in [4.78, 5) is 0. The Morgan fingerprint density at radius 1 is 0.723 bits per heavy atom. The van der Waals surface area contributed by atoms with Crippen LogP contribution in [0.1, 0.15) is 66.3 Å². The first kappa shape index (κ1) is 29.0. The van der Waals surface area contributed by atoms with Crippen molar-refractivity contribution in [1.29, 1.82) is 0 Å². The van der Waals surface area contributed by atoms with Crippen molar-refractivity contribution in [2.75, 3.05) is 0 Å². The van der Waals surface area contributed by atoms with E-state index >= 15 is 0 Å². The average molecular weight is 606 g/mol. The fourth-order valence-corrected chi connectivity index (χ4v) is 8.44. The first-order valence-electron chi connectivity index (χ1n) is 16.9. The molecule has 9 rings (SSSR count). The predicted octanol–water partition coefficient (Wildman–Crippen LogP) is 12.1. The Morgan fingerprint density at radius 2 is 1.34 bits per heavy atom. The van der Waals surface area contributed by atoms with Gasteiger partial charge in [-0.3, -0.25) is 0 Å². The van der Waals surface area contributed by atoms with Crippen molar-refractivity contribution in [3.63, 3.8) is 0 Å². The van der Waals surface area contributed by atoms with E-state index in [9.17, 15) is 0 Å². The van der Waals surface area contributed by atoms with Crippen molar-refractivity contribution in [3.8, 4) is 27.9 Å². The van der Waals surface area contributed by atoms with Crippen LogP contribution < -0.4 is 0 Å². The van der Waals surface area contributed by atoms with E-state index in [1.54, 1.807) is 0 Å². The highest BCUT2D eigenvalue weighted by Gasteiger charge is 2.51. The molecule has 228 valence electrons. The summed E-state index contributed by atoms with van der Waals surface area (Å²) in [5.74, 6) is 0. The van der Waals surface area contributed by atoms with Gasteiger partial charge in [0.2, 0.25) is 0 Å². The highest BCUT2D eigenvalue weighted by molar-refractivity contribution is 5.97. The summed E-state index contributed by atoms with van der Waals surface area (Å²) in [6.07, 6.45) is 10.9. The molecular weight excluding hydrogens is 567 g/mol. The smallest absolute Gasteiger partial charge is 0.0726 e. The number of nitrogens with zero attached hydrogens (tertiary/aromatic N) is 1. The molecule has 5 aromatic carbocycles. The zero-order valence-electron chi connectivity index (χ0n) is 27.5. The van der Waals surface area contributed by atoms with E-state index in [4.69, 9.17) is 0 Å². The maximum absolute atomic E-state index is 4.17. The summed E-state index contributed by atoms with van der Waals surface area (Å²) < 4.78 is 2.49. The second-order valence-electron chi connectivity index (χ2n) is 12.6. The highest BCUT2D eigenvalue weighted by atomic mass is 15.0. The molecule has 1 heterocycles. The van der Waals surface area contributed by atoms with Gasteiger partial charge in [-0.25, -0.2) is 0 Å². The van der Waals surface area contributed by atoms with Crippen LogP contribution in [0.4, 0.5) is 0 Å². The molecule has 0 fully saturated rings. The molecule has 1 heteroatoms. The lowest BCUT2D eigenvalue weighted by molar-refractivity contribution is 0.791. The number of benzene rings is 5. The van der Waals surface area contributed by atoms with E-state index < -0.39 is 5.41 Å². The molecule has 0 N–H and O–H groups in total. The summed E-state index contributed by atoms with van der Waals surface area (Å²) >= 11 is 0. The van der Waals surface area contributed by atoms with Gasteiger partial charge in [-0.2, -0.15) is 0 Å². The number of allylic oxidation sites excluding steroid dienone is 5. The monoisotopic (exact) mass is 605 g/mol. The Balaban J connectivity index is 0.00000159. The van der Waals surface area contributed by atoms with Gasteiger partial charge in [0.1, 0.15) is 0 Å². The Morgan fingerprint density at radius 3 is 2.04 bits per heavy atom. The molecule has 1 aromatic heterocycles. The fraction of sp³-hybridized carbons (Fsp3) is 0.130. The van der Waals surface area contributed by atoms with Crippen molar-refractivity contribution in [1.82, 2.24) is 4.57 Å². The Bertz CT molecular complexity index is 2310. The minimum atomic E-state index is -0.432. The summed E-state index contributed by atoms with van der Waals surface area (Å²) in [6.45, 7) is 14.4. The van der Waals surface area contributed by atoms with Crippen LogP contribution in [0.25, 0.3) is 50.5 Å². The van der Waals surface area contributed by atoms with E-state index in [-0.39, 0.29) is 0 Å². The van der Waals surface area contributed by atoms with Crippen LogP contribution in [0.2, 0.25) is 0 Å². The quantitative estimate of drug-likeness (QED) is 0.176. The summed E-state index contributed by atoms with van der Waals surface area (Å²) in [6, 6.07) is 41.1. The van der Waals surface area contributed by atoms with Gasteiger partial charge in [-0.1, -0.05) is 136 Å². The average Bonchev–Trinajstić information content (AvgIpc) is 3.72. The standard InChI is InChI=1S/C44H33N.C2H6/c1-4-29(25-28(2)3)30-21-23-34-32-13-5-9-17-38(32)44(40(34)26-30)39-18-10-6-14-33(39)35-24-22-31(27-41(35)44)45-42-19-11-7-15-36(42)37-16-8-12-20-43(37)45;1-2/h4-7,9-15,17-27H,1-2,8,16H2,3H3;1-2H3/b29-25+;. The van der Waals surface area contributed by atoms with E-state index in [1.807, 2.05) is 26.8 Å². The summed E-state index contributed by atoms with van der Waals surface area (Å²) in [5.41, 5.74) is 18.7. The van der Waals surface area contributed by atoms with Gasteiger partial charge in [-0.15, -0.1) is 0 Å². The highest BCUT2D eigenvalue weighted by Crippen LogP contribution is 2.63. The molecule has 0 aliphatic heterocycles. The van der Waals surface area contributed by atoms with Crippen LogP contribution in [0.3, 0.4) is 0 Å². The van der Waals surface area contributed by atoms with Gasteiger partial charge >= 0.3 is 0 Å². The van der Waals surface area contributed by atoms with Crippen molar-refractivity contribution < 1.29 is 0 Å². The zero-order valence-corrected chi connectivity index (χ0v) is 27.5. The van der Waals surface area contributed by atoms with E-state index in [2.05, 4.69) is 145 Å². The van der Waals surface area contributed by atoms with Crippen molar-refractivity contribution in [2.45, 2.75) is 39.0 Å². The Kier molecular flexibility index (Phi) is 6.88. The van der Waals surface area contributed by atoms with Crippen LogP contribution in [0.5, 0.6) is 0 Å². The Hall–Kier alpha value is -5.40. The van der Waals surface area contributed by atoms with Crippen molar-refractivity contribution in [2.24, 2.45) is 0 Å². The molecule has 3 aliphatic carbocycles. The molecule has 0 radical (unpaired) electrons. The molecule has 0 saturated carbocycles. The van der Waals surface area contributed by atoms with Crippen molar-refractivity contribution >= 4 is 22.6 Å². The molecular formula is C46H39N. The normalized spacial score (nSPS) is 16.5. The molecule has 0 saturated heterocycles. The van der Waals surface area contributed by atoms with Gasteiger partial charge in [-0.05, 0) is 111 Å². The molecule has 1 nitrogen and oxygen atoms in total. The molecule has 1 spiro atoms. The fourth-order valence-electron chi connectivity index (χ4n) is 8.44. The molecule has 47 heavy (non-hydrogen) atoms. The van der Waals surface area contributed by atoms with Crippen LogP contribution >= 0.6 is 0 Å². The molecule has 0 bridgehead atoms. The maximum atomic E-state index is 4.17. The number of fused-ring (bicyclic) bond motifs is 13. The lowest BCUT2D eigenvalue weighted by Gasteiger charge is -2.31. The molecule has 1 atom stereocenters. The third kappa shape index (κ3) is 4.02. The van der Waals surface area contributed by atoms with Gasteiger partial charge in [0.05, 0.1) is 10.9 Å². The largest absolute Gasteiger partial charge is 0.310 e. The zero-order chi connectivity index (χ0) is 32.3. The molecule has 6 aromatic rings. The van der Waals surface area contributed by atoms with Gasteiger partial charge in [0, 0.05) is 16.8 Å². The predicted molar refractivity (Wildman–Crippen MR) is 201 cm³/mol. The van der Waals surface area contributed by atoms with Gasteiger partial charge in [0.15, 0.2) is 0 Å². The van der Waals surface area contributed by atoms with Gasteiger partial charge < -0.3 is 4.57 Å². The number of aromatic nitrogens is 1. The van der Waals surface area contributed by atoms with Crippen molar-refractivity contribution in [3.05, 3.63) is 185 Å². The second-order valence-corrected chi connectivity index (χ2v) is 12.6. The summed E-state index contributed by atoms with van der Waals surface area (Å²) in [7, 11) is 0. The number of hydrogen-bond acceptors (Lipinski definition) is 0. The van der Waals surface area contributed by atoms with Gasteiger partial charge in [0.25, 0.3) is 0 Å². The van der Waals surface area contributed by atoms with Crippen LogP contribution in [-0.4, -0.2) is 4.57 Å². The third-order valence-electron chi connectivity index (χ3n) is 10.1. The van der Waals surface area contributed by atoms with Crippen LogP contribution in [0, 0.1) is 0 Å². The Labute approximate surface area is 278 Å². The molecule has 1 unspecified atom stereocenters. The number of aryl methyl sites for hydroxylation is 1. The molecule has 0 amide bonds. The number of hydrogen-bond donors (Lipinski definition) is 0. The SMILES string of the molecule is C=C/C(=C\C(=C)C)c1ccc2c(c1)C1(c3ccccc3-2)c2ccccc2-c2ccc(-n3c4c(c5ccccc53)CCC=C4)cc21.CC. The second kappa shape index (κ2) is 11.1. The number of rotatable bonds is 4. The molecule has 3 aliphatic rings. The first-order chi connectivity index (χ1) is 23.1. The maximum Gasteiger partial charge on any atom is 0.0726 e. The minimum absolute atomic E-state index is 0.432. The van der Waals surface area contributed by atoms with E-state index in [1.165, 1.54) is 72.4 Å². The summed E-state index contributed by atoms with van der Waals surface area (Å²) in [5, 5.41) is 1.36. The van der Waals surface area contributed by atoms with Crippen LogP contribution in [-0.2, 0) is 11.8 Å². The first-order valence-corrected chi connectivity index (χ1v) is 16.9. The lowest BCUT2D eigenvalue weighted by atomic mass is 9.70. The van der Waals surface area contributed by atoms with E-state index in [0.29, 0.717) is 0 Å². The topological polar surface area (TPSA) is 4.93 Å². The van der Waals surface area contributed by atoms with E-state index in [0.717, 1.165) is 29.6 Å². The van der Waals surface area contributed by atoms with Crippen LogP contribution in [0.15, 0.2) is 146 Å². The lowest BCUT2D eigenvalue weighted by Crippen LogP contribution is -2.26. The number of para-hydroxylation sites is 1. The third-order valence-corrected chi connectivity index (χ3v) is 10.1. The minimum Gasteiger partial charge on any atom is -0.310 e.